The second-order valence-corrected chi connectivity index (χ2v) is 12.2. The van der Waals surface area contributed by atoms with E-state index in [0.29, 0.717) is 31.0 Å². The first-order valence-corrected chi connectivity index (χ1v) is 15.7. The van der Waals surface area contributed by atoms with Crippen molar-refractivity contribution in [3.63, 3.8) is 0 Å². The van der Waals surface area contributed by atoms with Crippen molar-refractivity contribution in [2.75, 3.05) is 35.2 Å². The number of hydrogen-bond acceptors (Lipinski definition) is 4. The Hall–Kier alpha value is -3.94. The number of piperidine rings is 1. The van der Waals surface area contributed by atoms with Crippen LogP contribution in [-0.2, 0) is 4.79 Å². The van der Waals surface area contributed by atoms with Crippen LogP contribution in [-0.4, -0.2) is 42.4 Å². The van der Waals surface area contributed by atoms with Crippen LogP contribution in [0.3, 0.4) is 0 Å². The predicted octanol–water partition coefficient (Wildman–Crippen LogP) is 7.46. The highest BCUT2D eigenvalue weighted by atomic mass is 19.1. The smallest absolute Gasteiger partial charge is 0.257 e. The van der Waals surface area contributed by atoms with Gasteiger partial charge in [0, 0.05) is 37.1 Å². The molecular formula is C35H40F2N4O2. The minimum atomic E-state index is -0.645. The van der Waals surface area contributed by atoms with E-state index in [1.54, 1.807) is 36.1 Å². The fourth-order valence-corrected chi connectivity index (χ4v) is 7.05. The summed E-state index contributed by atoms with van der Waals surface area (Å²) < 4.78 is 30.0. The number of nitrogens with zero attached hydrogens (tertiary/aromatic N) is 2. The average Bonchev–Trinajstić information content (AvgIpc) is 3.73. The molecule has 3 fully saturated rings. The predicted molar refractivity (Wildman–Crippen MR) is 166 cm³/mol. The van der Waals surface area contributed by atoms with Gasteiger partial charge in [0.25, 0.3) is 5.91 Å². The molecule has 2 amide bonds. The Morgan fingerprint density at radius 3 is 2.28 bits per heavy atom. The lowest BCUT2D eigenvalue weighted by molar-refractivity contribution is -0.123. The fourth-order valence-electron chi connectivity index (χ4n) is 7.05. The number of aryl methyl sites for hydroxylation is 1. The summed E-state index contributed by atoms with van der Waals surface area (Å²) in [6.45, 7) is 3.92. The van der Waals surface area contributed by atoms with Gasteiger partial charge in [-0.25, -0.2) is 8.78 Å². The lowest BCUT2D eigenvalue weighted by Gasteiger charge is -2.41. The van der Waals surface area contributed by atoms with E-state index >= 15 is 4.39 Å². The molecule has 1 saturated carbocycles. The number of carbonyl (C=O) groups is 2. The van der Waals surface area contributed by atoms with Gasteiger partial charge in [0.05, 0.1) is 23.2 Å². The minimum absolute atomic E-state index is 0.0254. The van der Waals surface area contributed by atoms with Crippen LogP contribution < -0.4 is 15.5 Å². The summed E-state index contributed by atoms with van der Waals surface area (Å²) in [6.07, 6.45) is 8.01. The van der Waals surface area contributed by atoms with Gasteiger partial charge in [-0.15, -0.1) is 0 Å². The van der Waals surface area contributed by atoms with E-state index in [2.05, 4.69) is 15.5 Å². The number of likely N-dealkylation sites (tertiary alicyclic amines) is 1. The Morgan fingerprint density at radius 1 is 0.814 bits per heavy atom. The van der Waals surface area contributed by atoms with Gasteiger partial charge in [-0.3, -0.25) is 9.59 Å². The molecule has 0 spiro atoms. The molecule has 3 aliphatic rings. The van der Waals surface area contributed by atoms with Crippen LogP contribution in [0.1, 0.15) is 78.9 Å². The summed E-state index contributed by atoms with van der Waals surface area (Å²) in [6, 6.07) is 17.2. The molecule has 3 aromatic rings. The molecule has 8 heteroatoms. The largest absolute Gasteiger partial charge is 0.382 e. The fraction of sp³-hybridized carbons (Fsp3) is 0.429. The molecule has 2 aliphatic heterocycles. The molecule has 0 bridgehead atoms. The molecule has 3 aromatic carbocycles. The number of halogens is 2. The normalized spacial score (nSPS) is 20.8. The Bertz CT molecular complexity index is 1440. The van der Waals surface area contributed by atoms with E-state index in [1.165, 1.54) is 25.0 Å². The van der Waals surface area contributed by atoms with E-state index < -0.39 is 29.5 Å². The third-order valence-corrected chi connectivity index (χ3v) is 9.32. The first-order chi connectivity index (χ1) is 20.9. The van der Waals surface area contributed by atoms with Gasteiger partial charge >= 0.3 is 0 Å². The number of hydrogen-bond donors (Lipinski definition) is 2. The molecule has 226 valence electrons. The first kappa shape index (κ1) is 29.1. The zero-order valence-electron chi connectivity index (χ0n) is 24.8. The van der Waals surface area contributed by atoms with Gasteiger partial charge in [0.15, 0.2) is 0 Å². The van der Waals surface area contributed by atoms with Crippen LogP contribution in [0.4, 0.5) is 25.8 Å². The molecule has 43 heavy (non-hydrogen) atoms. The standard InChI is InChI=1S/C35H40F2N4O2/c1-23-8-6-12-30(37)32(23)35(43)41-21-7-11-28(33(41)24-13-15-26(16-14-24)38-25-9-2-3-10-25)34(42)39-31-22-27(17-18-29(31)36)40-19-4-5-20-40/h6,8,12-18,22,25,28,33,38H,2-5,7,9-11,19-21H2,1H3,(H,39,42). The van der Waals surface area contributed by atoms with Crippen LogP contribution in [0.15, 0.2) is 60.7 Å². The highest BCUT2D eigenvalue weighted by molar-refractivity contribution is 5.98. The SMILES string of the molecule is Cc1cccc(F)c1C(=O)N1CCCC(C(=O)Nc2cc(N3CCCC3)ccc2F)C1c1ccc(NC2CCCC2)cc1. The second-order valence-electron chi connectivity index (χ2n) is 12.2. The molecule has 2 saturated heterocycles. The summed E-state index contributed by atoms with van der Waals surface area (Å²) in [4.78, 5) is 31.8. The van der Waals surface area contributed by atoms with Crippen LogP contribution >= 0.6 is 0 Å². The van der Waals surface area contributed by atoms with E-state index in [0.717, 1.165) is 55.7 Å². The van der Waals surface area contributed by atoms with Crippen molar-refractivity contribution in [2.24, 2.45) is 5.92 Å². The van der Waals surface area contributed by atoms with Gasteiger partial charge < -0.3 is 20.4 Å². The van der Waals surface area contributed by atoms with E-state index in [-0.39, 0.29) is 17.2 Å². The Balaban J connectivity index is 1.31. The summed E-state index contributed by atoms with van der Waals surface area (Å²) in [7, 11) is 0. The van der Waals surface area contributed by atoms with Crippen LogP contribution in [0.25, 0.3) is 0 Å². The molecule has 2 unspecified atom stereocenters. The maximum atomic E-state index is 15.0. The zero-order valence-corrected chi connectivity index (χ0v) is 24.8. The highest BCUT2D eigenvalue weighted by Gasteiger charge is 2.41. The number of benzene rings is 3. The monoisotopic (exact) mass is 586 g/mol. The second kappa shape index (κ2) is 12.7. The topological polar surface area (TPSA) is 64.7 Å². The quantitative estimate of drug-likeness (QED) is 0.302. The van der Waals surface area contributed by atoms with E-state index in [4.69, 9.17) is 0 Å². The maximum Gasteiger partial charge on any atom is 0.257 e. The van der Waals surface area contributed by atoms with Crippen molar-refractivity contribution in [3.05, 3.63) is 89.0 Å². The van der Waals surface area contributed by atoms with E-state index in [1.807, 2.05) is 24.3 Å². The average molecular weight is 587 g/mol. The van der Waals surface area contributed by atoms with Gasteiger partial charge in [0.1, 0.15) is 11.6 Å². The molecule has 0 radical (unpaired) electrons. The van der Waals surface area contributed by atoms with Crippen molar-refractivity contribution >= 4 is 28.9 Å². The van der Waals surface area contributed by atoms with E-state index in [9.17, 15) is 14.0 Å². The van der Waals surface area contributed by atoms with Crippen molar-refractivity contribution in [3.8, 4) is 0 Å². The van der Waals surface area contributed by atoms with Gasteiger partial charge in [-0.05, 0) is 93.0 Å². The Labute approximate surface area is 252 Å². The molecule has 6 nitrogen and oxygen atoms in total. The lowest BCUT2D eigenvalue weighted by Crippen LogP contribution is -2.46. The Kier molecular flexibility index (Phi) is 8.63. The Morgan fingerprint density at radius 2 is 1.56 bits per heavy atom. The number of carbonyl (C=O) groups excluding carboxylic acids is 2. The third-order valence-electron chi connectivity index (χ3n) is 9.32. The molecule has 2 atom stereocenters. The van der Waals surface area contributed by atoms with Crippen molar-refractivity contribution < 1.29 is 18.4 Å². The van der Waals surface area contributed by atoms with Crippen LogP contribution in [0.2, 0.25) is 0 Å². The summed E-state index contributed by atoms with van der Waals surface area (Å²) in [5.41, 5.74) is 3.38. The number of amides is 2. The van der Waals surface area contributed by atoms with Crippen molar-refractivity contribution in [1.29, 1.82) is 0 Å². The van der Waals surface area contributed by atoms with Crippen LogP contribution in [0, 0.1) is 24.5 Å². The summed E-state index contributed by atoms with van der Waals surface area (Å²) in [5.74, 6) is -2.51. The first-order valence-electron chi connectivity index (χ1n) is 15.7. The summed E-state index contributed by atoms with van der Waals surface area (Å²) >= 11 is 0. The molecule has 0 aromatic heterocycles. The molecule has 2 heterocycles. The number of anilines is 3. The maximum absolute atomic E-state index is 15.0. The van der Waals surface area contributed by atoms with Crippen molar-refractivity contribution in [1.82, 2.24) is 4.90 Å². The van der Waals surface area contributed by atoms with Gasteiger partial charge in [-0.1, -0.05) is 37.1 Å². The molecule has 6 rings (SSSR count). The lowest BCUT2D eigenvalue weighted by atomic mass is 9.83. The molecule has 1 aliphatic carbocycles. The van der Waals surface area contributed by atoms with Gasteiger partial charge in [0.2, 0.25) is 5.91 Å². The third kappa shape index (κ3) is 6.24. The summed E-state index contributed by atoms with van der Waals surface area (Å²) in [5, 5.41) is 6.45. The zero-order chi connectivity index (χ0) is 29.9. The van der Waals surface area contributed by atoms with Crippen molar-refractivity contribution in [2.45, 2.75) is 70.4 Å². The molecule has 2 N–H and O–H groups in total. The van der Waals surface area contributed by atoms with Crippen LogP contribution in [0.5, 0.6) is 0 Å². The number of rotatable bonds is 7. The molecular weight excluding hydrogens is 546 g/mol. The van der Waals surface area contributed by atoms with Gasteiger partial charge in [-0.2, -0.15) is 0 Å². The number of nitrogens with one attached hydrogen (secondary N) is 2. The minimum Gasteiger partial charge on any atom is -0.382 e. The highest BCUT2D eigenvalue weighted by Crippen LogP contribution is 2.39.